The van der Waals surface area contributed by atoms with Crippen molar-refractivity contribution in [3.63, 3.8) is 0 Å². The van der Waals surface area contributed by atoms with Gasteiger partial charge in [-0.2, -0.15) is 0 Å². The van der Waals surface area contributed by atoms with E-state index in [2.05, 4.69) is 54.3 Å². The maximum atomic E-state index is 4.40. The van der Waals surface area contributed by atoms with E-state index in [-0.39, 0.29) is 5.54 Å². The Morgan fingerprint density at radius 1 is 1.29 bits per heavy atom. The number of hydrogen-bond acceptors (Lipinski definition) is 2. The number of aromatic amines is 1. The Kier molecular flexibility index (Phi) is 3.20. The smallest absolute Gasteiger partial charge is 0.104 e. The molecule has 0 aliphatic heterocycles. The molecule has 2 N–H and O–H groups in total. The lowest BCUT2D eigenvalue weighted by Gasteiger charge is -2.20. The van der Waals surface area contributed by atoms with Gasteiger partial charge in [0.05, 0.1) is 11.0 Å². The number of aryl methyl sites for hydroxylation is 1. The number of nitrogens with zero attached hydrogens (tertiary/aromatic N) is 1. The van der Waals surface area contributed by atoms with Crippen molar-refractivity contribution in [3.8, 4) is 0 Å². The second-order valence-corrected chi connectivity index (χ2v) is 5.60. The van der Waals surface area contributed by atoms with E-state index in [1.807, 2.05) is 6.92 Å². The second kappa shape index (κ2) is 4.49. The van der Waals surface area contributed by atoms with Gasteiger partial charge in [0, 0.05) is 5.54 Å². The van der Waals surface area contributed by atoms with Crippen molar-refractivity contribution in [2.24, 2.45) is 0 Å². The van der Waals surface area contributed by atoms with Gasteiger partial charge in [0.2, 0.25) is 0 Å². The molecule has 3 heteroatoms. The Hall–Kier alpha value is -1.35. The number of benzene rings is 1. The van der Waals surface area contributed by atoms with Gasteiger partial charge in [-0.1, -0.05) is 6.07 Å². The first-order chi connectivity index (χ1) is 7.94. The van der Waals surface area contributed by atoms with Crippen LogP contribution in [-0.4, -0.2) is 22.1 Å². The summed E-state index contributed by atoms with van der Waals surface area (Å²) in [6.45, 7) is 9.56. The van der Waals surface area contributed by atoms with Gasteiger partial charge in [0.15, 0.2) is 0 Å². The standard InChI is InChI=1S/C14H21N3/c1-10-16-12-6-5-11(9-13(12)17-10)7-8-15-14(2,3)4/h5-6,9,15H,7-8H2,1-4H3,(H,16,17). The molecule has 0 saturated carbocycles. The summed E-state index contributed by atoms with van der Waals surface area (Å²) < 4.78 is 0. The molecule has 1 aromatic carbocycles. The van der Waals surface area contributed by atoms with Gasteiger partial charge in [-0.25, -0.2) is 4.98 Å². The summed E-state index contributed by atoms with van der Waals surface area (Å²) in [5, 5.41) is 3.50. The normalized spacial score (nSPS) is 12.2. The van der Waals surface area contributed by atoms with Crippen molar-refractivity contribution >= 4 is 11.0 Å². The number of fused-ring (bicyclic) bond motifs is 1. The first-order valence-electron chi connectivity index (χ1n) is 6.14. The van der Waals surface area contributed by atoms with Gasteiger partial charge >= 0.3 is 0 Å². The van der Waals surface area contributed by atoms with E-state index in [1.54, 1.807) is 0 Å². The van der Waals surface area contributed by atoms with Gasteiger partial charge in [-0.3, -0.25) is 0 Å². The van der Waals surface area contributed by atoms with Crippen molar-refractivity contribution in [3.05, 3.63) is 29.6 Å². The molecule has 0 bridgehead atoms. The predicted octanol–water partition coefficient (Wildman–Crippen LogP) is 2.80. The molecule has 0 unspecified atom stereocenters. The molecule has 0 saturated heterocycles. The summed E-state index contributed by atoms with van der Waals surface area (Å²) >= 11 is 0. The van der Waals surface area contributed by atoms with Crippen LogP contribution in [0.25, 0.3) is 11.0 Å². The Morgan fingerprint density at radius 3 is 2.76 bits per heavy atom. The number of H-pyrrole nitrogens is 1. The maximum Gasteiger partial charge on any atom is 0.104 e. The first-order valence-corrected chi connectivity index (χ1v) is 6.14. The molecule has 2 aromatic rings. The van der Waals surface area contributed by atoms with Crippen LogP contribution in [0.1, 0.15) is 32.2 Å². The molecule has 1 aromatic heterocycles. The van der Waals surface area contributed by atoms with Crippen molar-refractivity contribution in [2.45, 2.75) is 39.7 Å². The van der Waals surface area contributed by atoms with E-state index in [4.69, 9.17) is 0 Å². The van der Waals surface area contributed by atoms with Crippen LogP contribution in [0.4, 0.5) is 0 Å². The highest BCUT2D eigenvalue weighted by Gasteiger charge is 2.08. The average molecular weight is 231 g/mol. The van der Waals surface area contributed by atoms with E-state index in [0.29, 0.717) is 0 Å². The zero-order valence-corrected chi connectivity index (χ0v) is 11.1. The number of imidazole rings is 1. The minimum Gasteiger partial charge on any atom is -0.342 e. The molecular weight excluding hydrogens is 210 g/mol. The Balaban J connectivity index is 2.04. The van der Waals surface area contributed by atoms with Crippen LogP contribution in [0.15, 0.2) is 18.2 Å². The minimum absolute atomic E-state index is 0.189. The lowest BCUT2D eigenvalue weighted by molar-refractivity contribution is 0.429. The van der Waals surface area contributed by atoms with Crippen LogP contribution >= 0.6 is 0 Å². The fraction of sp³-hybridized carbons (Fsp3) is 0.500. The fourth-order valence-electron chi connectivity index (χ4n) is 1.92. The zero-order chi connectivity index (χ0) is 12.5. The molecule has 0 atom stereocenters. The van der Waals surface area contributed by atoms with Crippen molar-refractivity contribution in [1.82, 2.24) is 15.3 Å². The molecule has 0 aliphatic rings. The van der Waals surface area contributed by atoms with Crippen molar-refractivity contribution < 1.29 is 0 Å². The SMILES string of the molecule is Cc1nc2ccc(CCNC(C)(C)C)cc2[nH]1. The molecule has 1 heterocycles. The third-order valence-electron chi connectivity index (χ3n) is 2.73. The van der Waals surface area contributed by atoms with E-state index in [1.165, 1.54) is 5.56 Å². The van der Waals surface area contributed by atoms with E-state index < -0.39 is 0 Å². The topological polar surface area (TPSA) is 40.7 Å². The van der Waals surface area contributed by atoms with Crippen LogP contribution in [0.5, 0.6) is 0 Å². The highest BCUT2D eigenvalue weighted by atomic mass is 14.9. The Morgan fingerprint density at radius 2 is 2.06 bits per heavy atom. The lowest BCUT2D eigenvalue weighted by atomic mass is 10.1. The predicted molar refractivity (Wildman–Crippen MR) is 72.3 cm³/mol. The molecule has 0 amide bonds. The highest BCUT2D eigenvalue weighted by molar-refractivity contribution is 5.75. The van der Waals surface area contributed by atoms with Crippen LogP contribution < -0.4 is 5.32 Å². The highest BCUT2D eigenvalue weighted by Crippen LogP contribution is 2.13. The first kappa shape index (κ1) is 12.1. The summed E-state index contributed by atoms with van der Waals surface area (Å²) in [6.07, 6.45) is 1.05. The average Bonchev–Trinajstić information content (AvgIpc) is 2.55. The molecule has 2 rings (SSSR count). The fourth-order valence-corrected chi connectivity index (χ4v) is 1.92. The van der Waals surface area contributed by atoms with Crippen LogP contribution in [0.2, 0.25) is 0 Å². The molecule has 0 aliphatic carbocycles. The maximum absolute atomic E-state index is 4.40. The number of aromatic nitrogens is 2. The third kappa shape index (κ3) is 3.30. The molecule has 3 nitrogen and oxygen atoms in total. The molecule has 0 radical (unpaired) electrons. The summed E-state index contributed by atoms with van der Waals surface area (Å²) in [5.41, 5.74) is 3.72. The third-order valence-corrected chi connectivity index (χ3v) is 2.73. The van der Waals surface area contributed by atoms with Gasteiger partial charge < -0.3 is 10.3 Å². The summed E-state index contributed by atoms with van der Waals surface area (Å²) in [6, 6.07) is 6.44. The lowest BCUT2D eigenvalue weighted by Crippen LogP contribution is -2.37. The number of nitrogens with one attached hydrogen (secondary N) is 2. The monoisotopic (exact) mass is 231 g/mol. The van der Waals surface area contributed by atoms with Crippen molar-refractivity contribution in [2.75, 3.05) is 6.54 Å². The molecule has 0 spiro atoms. The molecular formula is C14H21N3. The van der Waals surface area contributed by atoms with Gasteiger partial charge in [-0.05, 0) is 58.4 Å². The molecule has 17 heavy (non-hydrogen) atoms. The largest absolute Gasteiger partial charge is 0.342 e. The summed E-state index contributed by atoms with van der Waals surface area (Å²) in [7, 11) is 0. The summed E-state index contributed by atoms with van der Waals surface area (Å²) in [4.78, 5) is 7.68. The van der Waals surface area contributed by atoms with Gasteiger partial charge in [0.1, 0.15) is 5.82 Å². The second-order valence-electron chi connectivity index (χ2n) is 5.60. The number of rotatable bonds is 3. The van der Waals surface area contributed by atoms with Crippen LogP contribution in [-0.2, 0) is 6.42 Å². The van der Waals surface area contributed by atoms with E-state index in [9.17, 15) is 0 Å². The van der Waals surface area contributed by atoms with Crippen LogP contribution in [0, 0.1) is 6.92 Å². The van der Waals surface area contributed by atoms with Gasteiger partial charge in [0.25, 0.3) is 0 Å². The molecule has 0 fully saturated rings. The van der Waals surface area contributed by atoms with Gasteiger partial charge in [-0.15, -0.1) is 0 Å². The summed E-state index contributed by atoms with van der Waals surface area (Å²) in [5.74, 6) is 0.977. The Bertz CT molecular complexity index is 506. The minimum atomic E-state index is 0.189. The molecule has 92 valence electrons. The quantitative estimate of drug-likeness (QED) is 0.852. The van der Waals surface area contributed by atoms with Crippen molar-refractivity contribution in [1.29, 1.82) is 0 Å². The number of hydrogen-bond donors (Lipinski definition) is 2. The Labute approximate surface area is 103 Å². The van der Waals surface area contributed by atoms with E-state index >= 15 is 0 Å². The zero-order valence-electron chi connectivity index (χ0n) is 11.1. The van der Waals surface area contributed by atoms with Crippen LogP contribution in [0.3, 0.4) is 0 Å². The van der Waals surface area contributed by atoms with E-state index in [0.717, 1.165) is 29.8 Å².